The lowest BCUT2D eigenvalue weighted by Gasteiger charge is -2.12. The first-order valence-electron chi connectivity index (χ1n) is 4.87. The molecule has 0 saturated carbocycles. The normalized spacial score (nSPS) is 12.4. The largest absolute Gasteiger partial charge is 0.354 e. The van der Waals surface area contributed by atoms with E-state index in [1.807, 2.05) is 25.1 Å². The Kier molecular flexibility index (Phi) is 2.97. The third-order valence-corrected chi connectivity index (χ3v) is 2.94. The number of aryl methyl sites for hydroxylation is 1. The van der Waals surface area contributed by atoms with Crippen LogP contribution in [0.3, 0.4) is 0 Å². The molecule has 0 amide bonds. The van der Waals surface area contributed by atoms with Crippen molar-refractivity contribution in [3.63, 3.8) is 0 Å². The second kappa shape index (κ2) is 4.40. The molecule has 0 bridgehead atoms. The Balaban J connectivity index is 2.07. The number of aromatic nitrogens is 2. The lowest BCUT2D eigenvalue weighted by Crippen LogP contribution is -2.05. The first-order chi connectivity index (χ1) is 7.25. The van der Waals surface area contributed by atoms with E-state index < -0.39 is 0 Å². The summed E-state index contributed by atoms with van der Waals surface area (Å²) in [5.41, 5.74) is 1.25. The Morgan fingerprint density at radius 2 is 1.93 bits per heavy atom. The van der Waals surface area contributed by atoms with Crippen LogP contribution in [0, 0.1) is 6.92 Å². The number of nitrogens with zero attached hydrogens (tertiary/aromatic N) is 2. The van der Waals surface area contributed by atoms with Crippen LogP contribution < -0.4 is 5.32 Å². The highest BCUT2D eigenvalue weighted by molar-refractivity contribution is 7.15. The van der Waals surface area contributed by atoms with Crippen molar-refractivity contribution in [3.05, 3.63) is 40.9 Å². The Hall–Kier alpha value is -1.42. The summed E-state index contributed by atoms with van der Waals surface area (Å²) in [6.45, 7) is 4.07. The molecule has 1 heterocycles. The van der Waals surface area contributed by atoms with Gasteiger partial charge in [0.2, 0.25) is 5.13 Å². The van der Waals surface area contributed by atoms with Crippen molar-refractivity contribution in [1.29, 1.82) is 0 Å². The standard InChI is InChI=1S/C11H13N3S/c1-8(10-6-4-3-5-7-10)12-11-14-13-9(2)15-11/h3-8H,1-2H3,(H,12,14). The fourth-order valence-corrected chi connectivity index (χ4v) is 2.04. The molecule has 0 saturated heterocycles. The maximum absolute atomic E-state index is 4.04. The number of rotatable bonds is 3. The first-order valence-corrected chi connectivity index (χ1v) is 5.69. The summed E-state index contributed by atoms with van der Waals surface area (Å²) in [4.78, 5) is 0. The van der Waals surface area contributed by atoms with Crippen molar-refractivity contribution >= 4 is 16.5 Å². The van der Waals surface area contributed by atoms with Crippen LogP contribution in [0.2, 0.25) is 0 Å². The number of nitrogens with one attached hydrogen (secondary N) is 1. The molecule has 0 radical (unpaired) electrons. The molecule has 0 aliphatic heterocycles. The van der Waals surface area contributed by atoms with Crippen LogP contribution in [0.15, 0.2) is 30.3 Å². The monoisotopic (exact) mass is 219 g/mol. The lowest BCUT2D eigenvalue weighted by molar-refractivity contribution is 0.872. The van der Waals surface area contributed by atoms with Gasteiger partial charge in [-0.3, -0.25) is 0 Å². The number of benzene rings is 1. The van der Waals surface area contributed by atoms with Crippen molar-refractivity contribution in [1.82, 2.24) is 10.2 Å². The summed E-state index contributed by atoms with van der Waals surface area (Å²) in [5, 5.41) is 13.2. The zero-order valence-corrected chi connectivity index (χ0v) is 9.58. The molecular formula is C11H13N3S. The third-order valence-electron chi connectivity index (χ3n) is 2.17. The van der Waals surface area contributed by atoms with E-state index in [2.05, 4.69) is 34.6 Å². The molecule has 1 unspecified atom stereocenters. The molecule has 0 aliphatic carbocycles. The molecule has 1 atom stereocenters. The summed E-state index contributed by atoms with van der Waals surface area (Å²) in [7, 11) is 0. The molecule has 15 heavy (non-hydrogen) atoms. The predicted molar refractivity (Wildman–Crippen MR) is 63.1 cm³/mol. The molecule has 4 heteroatoms. The average molecular weight is 219 g/mol. The zero-order valence-electron chi connectivity index (χ0n) is 8.77. The molecular weight excluding hydrogens is 206 g/mol. The fraction of sp³-hybridized carbons (Fsp3) is 0.273. The lowest BCUT2D eigenvalue weighted by atomic mass is 10.1. The van der Waals surface area contributed by atoms with Crippen LogP contribution in [0.5, 0.6) is 0 Å². The van der Waals surface area contributed by atoms with Crippen molar-refractivity contribution in [2.45, 2.75) is 19.9 Å². The number of hydrogen-bond acceptors (Lipinski definition) is 4. The SMILES string of the molecule is Cc1nnc(NC(C)c2ccccc2)s1. The summed E-state index contributed by atoms with van der Waals surface area (Å²) >= 11 is 1.58. The van der Waals surface area contributed by atoms with E-state index in [0.29, 0.717) is 0 Å². The smallest absolute Gasteiger partial charge is 0.206 e. The minimum atomic E-state index is 0.263. The van der Waals surface area contributed by atoms with Crippen molar-refractivity contribution in [3.8, 4) is 0 Å². The summed E-state index contributed by atoms with van der Waals surface area (Å²) in [5.74, 6) is 0. The van der Waals surface area contributed by atoms with Crippen LogP contribution in [0.1, 0.15) is 23.5 Å². The van der Waals surface area contributed by atoms with Gasteiger partial charge in [0.15, 0.2) is 0 Å². The highest BCUT2D eigenvalue weighted by Crippen LogP contribution is 2.21. The molecule has 0 fully saturated rings. The number of anilines is 1. The minimum absolute atomic E-state index is 0.263. The van der Waals surface area contributed by atoms with Gasteiger partial charge in [-0.05, 0) is 19.4 Å². The van der Waals surface area contributed by atoms with Crippen molar-refractivity contribution in [2.75, 3.05) is 5.32 Å². The van der Waals surface area contributed by atoms with Crippen LogP contribution in [-0.4, -0.2) is 10.2 Å². The van der Waals surface area contributed by atoms with Crippen molar-refractivity contribution in [2.24, 2.45) is 0 Å². The van der Waals surface area contributed by atoms with E-state index in [0.717, 1.165) is 10.1 Å². The van der Waals surface area contributed by atoms with E-state index in [4.69, 9.17) is 0 Å². The van der Waals surface area contributed by atoms with Gasteiger partial charge in [-0.1, -0.05) is 41.7 Å². The highest BCUT2D eigenvalue weighted by atomic mass is 32.1. The van der Waals surface area contributed by atoms with Gasteiger partial charge < -0.3 is 5.32 Å². The summed E-state index contributed by atoms with van der Waals surface area (Å²) in [6, 6.07) is 10.6. The fourth-order valence-electron chi connectivity index (χ4n) is 1.37. The molecule has 1 aromatic heterocycles. The third kappa shape index (κ3) is 2.53. The molecule has 3 nitrogen and oxygen atoms in total. The summed E-state index contributed by atoms with van der Waals surface area (Å²) < 4.78 is 0. The van der Waals surface area contributed by atoms with Gasteiger partial charge >= 0.3 is 0 Å². The molecule has 78 valence electrons. The maximum Gasteiger partial charge on any atom is 0.206 e. The predicted octanol–water partition coefficient (Wildman–Crippen LogP) is 3.02. The van der Waals surface area contributed by atoms with Gasteiger partial charge in [-0.2, -0.15) is 0 Å². The first kappa shape index (κ1) is 10.1. The zero-order chi connectivity index (χ0) is 10.7. The Labute approximate surface area is 93.2 Å². The van der Waals surface area contributed by atoms with Gasteiger partial charge in [-0.15, -0.1) is 10.2 Å². The molecule has 0 aliphatic rings. The molecule has 2 rings (SSSR count). The van der Waals surface area contributed by atoms with E-state index in [1.165, 1.54) is 5.56 Å². The molecule has 2 aromatic rings. The van der Waals surface area contributed by atoms with Gasteiger partial charge in [0.05, 0.1) is 6.04 Å². The van der Waals surface area contributed by atoms with Crippen LogP contribution in [-0.2, 0) is 0 Å². The van der Waals surface area contributed by atoms with Crippen molar-refractivity contribution < 1.29 is 0 Å². The quantitative estimate of drug-likeness (QED) is 0.862. The van der Waals surface area contributed by atoms with E-state index in [1.54, 1.807) is 11.3 Å². The average Bonchev–Trinajstić information content (AvgIpc) is 2.65. The Morgan fingerprint density at radius 1 is 1.20 bits per heavy atom. The van der Waals surface area contributed by atoms with Gasteiger partial charge in [-0.25, -0.2) is 0 Å². The Morgan fingerprint density at radius 3 is 2.53 bits per heavy atom. The van der Waals surface area contributed by atoms with Gasteiger partial charge in [0.25, 0.3) is 0 Å². The molecule has 1 aromatic carbocycles. The van der Waals surface area contributed by atoms with E-state index >= 15 is 0 Å². The van der Waals surface area contributed by atoms with Gasteiger partial charge in [0.1, 0.15) is 5.01 Å². The summed E-state index contributed by atoms with van der Waals surface area (Å²) in [6.07, 6.45) is 0. The molecule has 1 N–H and O–H groups in total. The second-order valence-electron chi connectivity index (χ2n) is 3.40. The topological polar surface area (TPSA) is 37.8 Å². The highest BCUT2D eigenvalue weighted by Gasteiger charge is 2.06. The van der Waals surface area contributed by atoms with E-state index in [-0.39, 0.29) is 6.04 Å². The van der Waals surface area contributed by atoms with Crippen LogP contribution in [0.25, 0.3) is 0 Å². The maximum atomic E-state index is 4.04. The second-order valence-corrected chi connectivity index (χ2v) is 4.58. The van der Waals surface area contributed by atoms with Gasteiger partial charge in [0, 0.05) is 0 Å². The minimum Gasteiger partial charge on any atom is -0.354 e. The molecule has 0 spiro atoms. The van der Waals surface area contributed by atoms with Crippen LogP contribution in [0.4, 0.5) is 5.13 Å². The Bertz CT molecular complexity index is 424. The number of hydrogen-bond donors (Lipinski definition) is 1. The van der Waals surface area contributed by atoms with E-state index in [9.17, 15) is 0 Å². The van der Waals surface area contributed by atoms with Crippen LogP contribution >= 0.6 is 11.3 Å².